The lowest BCUT2D eigenvalue weighted by Crippen LogP contribution is -1.92. The van der Waals surface area contributed by atoms with Gasteiger partial charge in [-0.15, -0.1) is 0 Å². The third kappa shape index (κ3) is 4.23. The van der Waals surface area contributed by atoms with Crippen molar-refractivity contribution in [3.8, 4) is 5.75 Å². The van der Waals surface area contributed by atoms with Crippen LogP contribution < -0.4 is 5.32 Å². The normalized spacial score (nSPS) is 9.56. The van der Waals surface area contributed by atoms with Gasteiger partial charge in [0, 0.05) is 0 Å². The first kappa shape index (κ1) is 15.0. The Morgan fingerprint density at radius 2 is 1.31 bits per heavy atom. The van der Waals surface area contributed by atoms with Gasteiger partial charge in [0.15, 0.2) is 0 Å². The van der Waals surface area contributed by atoms with Crippen molar-refractivity contribution in [3.63, 3.8) is 0 Å². The first-order valence-electron chi connectivity index (χ1n) is 6.06. The van der Waals surface area contributed by atoms with E-state index in [1.807, 2.05) is 14.1 Å². The zero-order chi connectivity index (χ0) is 12.6. The molecule has 0 aromatic heterocycles. The summed E-state index contributed by atoms with van der Waals surface area (Å²) < 4.78 is 0. The van der Waals surface area contributed by atoms with Crippen LogP contribution in [0.3, 0.4) is 0 Å². The van der Waals surface area contributed by atoms with E-state index < -0.39 is 0 Å². The maximum atomic E-state index is 9.81. The molecular weight excluding hydrogens is 198 g/mol. The Morgan fingerprint density at radius 3 is 1.56 bits per heavy atom. The molecule has 92 valence electrons. The van der Waals surface area contributed by atoms with Gasteiger partial charge in [-0.1, -0.05) is 32.9 Å². The highest BCUT2D eigenvalue weighted by Crippen LogP contribution is 2.25. The molecule has 0 heterocycles. The van der Waals surface area contributed by atoms with Crippen molar-refractivity contribution in [3.05, 3.63) is 28.8 Å². The molecule has 1 rings (SSSR count). The molecule has 2 nitrogen and oxygen atoms in total. The third-order valence-corrected chi connectivity index (χ3v) is 2.50. The molecule has 0 spiro atoms. The minimum atomic E-state index is 0.502. The maximum absolute atomic E-state index is 9.81. The Bertz CT molecular complexity index is 283. The summed E-state index contributed by atoms with van der Waals surface area (Å²) in [5.41, 5.74) is 3.49. The van der Waals surface area contributed by atoms with Crippen molar-refractivity contribution in [1.82, 2.24) is 5.32 Å². The van der Waals surface area contributed by atoms with Crippen LogP contribution in [-0.4, -0.2) is 19.2 Å². The molecule has 0 bridgehead atoms. The smallest absolute Gasteiger partial charge is 0.121 e. The van der Waals surface area contributed by atoms with Crippen LogP contribution in [0.4, 0.5) is 0 Å². The van der Waals surface area contributed by atoms with Crippen LogP contribution in [0, 0.1) is 0 Å². The lowest BCUT2D eigenvalue weighted by Gasteiger charge is -2.09. The fourth-order valence-electron chi connectivity index (χ4n) is 1.58. The van der Waals surface area contributed by atoms with E-state index in [1.165, 1.54) is 5.56 Å². The van der Waals surface area contributed by atoms with Gasteiger partial charge in [0.05, 0.1) is 0 Å². The molecule has 0 saturated heterocycles. The minimum Gasteiger partial charge on any atom is -0.507 e. The van der Waals surface area contributed by atoms with Gasteiger partial charge in [-0.3, -0.25) is 0 Å². The first-order chi connectivity index (χ1) is 7.64. The van der Waals surface area contributed by atoms with Crippen molar-refractivity contribution in [2.75, 3.05) is 14.1 Å². The van der Waals surface area contributed by atoms with Crippen LogP contribution in [0.2, 0.25) is 0 Å². The standard InChI is InChI=1S/C12H18O.C2H7N/c1-4-9-7-10(5-2)12(13)11(6-3)8-9;1-3-2/h7-8,13H,4-6H2,1-3H3;3H,1-2H3. The Hall–Kier alpha value is -1.02. The fraction of sp³-hybridized carbons (Fsp3) is 0.571. The van der Waals surface area contributed by atoms with E-state index >= 15 is 0 Å². The van der Waals surface area contributed by atoms with Gasteiger partial charge in [-0.25, -0.2) is 0 Å². The van der Waals surface area contributed by atoms with Gasteiger partial charge in [0.2, 0.25) is 0 Å². The molecule has 1 aromatic rings. The molecule has 0 aliphatic carbocycles. The third-order valence-electron chi connectivity index (χ3n) is 2.50. The monoisotopic (exact) mass is 223 g/mol. The number of nitrogens with one attached hydrogen (secondary N) is 1. The van der Waals surface area contributed by atoms with Crippen LogP contribution in [0.1, 0.15) is 37.5 Å². The van der Waals surface area contributed by atoms with Gasteiger partial charge >= 0.3 is 0 Å². The van der Waals surface area contributed by atoms with E-state index in [-0.39, 0.29) is 0 Å². The summed E-state index contributed by atoms with van der Waals surface area (Å²) in [6.45, 7) is 6.30. The Kier molecular flexibility index (Phi) is 7.65. The number of aryl methyl sites for hydroxylation is 3. The van der Waals surface area contributed by atoms with Gasteiger partial charge in [0.25, 0.3) is 0 Å². The number of hydrogen-bond donors (Lipinski definition) is 2. The number of rotatable bonds is 3. The van der Waals surface area contributed by atoms with Crippen LogP contribution >= 0.6 is 0 Å². The average molecular weight is 223 g/mol. The molecule has 0 aliphatic heterocycles. The first-order valence-corrected chi connectivity index (χ1v) is 6.06. The second-order valence-corrected chi connectivity index (χ2v) is 3.82. The lowest BCUT2D eigenvalue weighted by atomic mass is 9.99. The van der Waals surface area contributed by atoms with E-state index in [0.29, 0.717) is 5.75 Å². The van der Waals surface area contributed by atoms with E-state index in [4.69, 9.17) is 0 Å². The lowest BCUT2D eigenvalue weighted by molar-refractivity contribution is 0.462. The highest BCUT2D eigenvalue weighted by Gasteiger charge is 2.05. The van der Waals surface area contributed by atoms with E-state index in [0.717, 1.165) is 30.4 Å². The van der Waals surface area contributed by atoms with Crippen molar-refractivity contribution >= 4 is 0 Å². The largest absolute Gasteiger partial charge is 0.507 e. The van der Waals surface area contributed by atoms with Gasteiger partial charge in [-0.05, 0) is 50.0 Å². The number of phenolic OH excluding ortho intramolecular Hbond substituents is 1. The Labute approximate surface area is 99.7 Å². The molecule has 2 N–H and O–H groups in total. The summed E-state index contributed by atoms with van der Waals surface area (Å²) in [7, 11) is 3.75. The van der Waals surface area contributed by atoms with Crippen molar-refractivity contribution < 1.29 is 5.11 Å². The minimum absolute atomic E-state index is 0.502. The van der Waals surface area contributed by atoms with Crippen molar-refractivity contribution in [1.29, 1.82) is 0 Å². The van der Waals surface area contributed by atoms with E-state index in [1.54, 1.807) is 0 Å². The Balaban J connectivity index is 0.000000673. The molecular formula is C14H25NO. The number of aromatic hydroxyl groups is 1. The predicted molar refractivity (Wildman–Crippen MR) is 71.2 cm³/mol. The summed E-state index contributed by atoms with van der Waals surface area (Å²) in [6.07, 6.45) is 2.86. The molecule has 0 amide bonds. The topological polar surface area (TPSA) is 32.3 Å². The molecule has 0 radical (unpaired) electrons. The second-order valence-electron chi connectivity index (χ2n) is 3.82. The quantitative estimate of drug-likeness (QED) is 0.826. The average Bonchev–Trinajstić information content (AvgIpc) is 2.30. The zero-order valence-corrected chi connectivity index (χ0v) is 11.2. The molecule has 2 heteroatoms. The second kappa shape index (κ2) is 8.17. The number of benzene rings is 1. The fourth-order valence-corrected chi connectivity index (χ4v) is 1.58. The Morgan fingerprint density at radius 1 is 0.938 bits per heavy atom. The van der Waals surface area contributed by atoms with Crippen LogP contribution in [0.5, 0.6) is 5.75 Å². The molecule has 0 fully saturated rings. The summed E-state index contributed by atoms with van der Waals surface area (Å²) in [5.74, 6) is 0.502. The highest BCUT2D eigenvalue weighted by atomic mass is 16.3. The molecule has 0 saturated carbocycles. The van der Waals surface area contributed by atoms with Gasteiger partial charge in [0.1, 0.15) is 5.75 Å². The van der Waals surface area contributed by atoms with Crippen LogP contribution in [0.15, 0.2) is 12.1 Å². The SMILES string of the molecule is CCc1cc(CC)c(O)c(CC)c1.CNC. The highest BCUT2D eigenvalue weighted by molar-refractivity contribution is 5.43. The predicted octanol–water partition coefficient (Wildman–Crippen LogP) is 2.92. The van der Waals surface area contributed by atoms with E-state index in [9.17, 15) is 5.11 Å². The van der Waals surface area contributed by atoms with Crippen LogP contribution in [0.25, 0.3) is 0 Å². The summed E-state index contributed by atoms with van der Waals surface area (Å²) >= 11 is 0. The zero-order valence-electron chi connectivity index (χ0n) is 11.2. The number of hydrogen-bond acceptors (Lipinski definition) is 2. The van der Waals surface area contributed by atoms with E-state index in [2.05, 4.69) is 38.2 Å². The summed E-state index contributed by atoms with van der Waals surface area (Å²) in [6, 6.07) is 4.21. The van der Waals surface area contributed by atoms with Crippen molar-refractivity contribution in [2.45, 2.75) is 40.0 Å². The molecule has 0 atom stereocenters. The summed E-state index contributed by atoms with van der Waals surface area (Å²) in [4.78, 5) is 0. The molecule has 16 heavy (non-hydrogen) atoms. The maximum Gasteiger partial charge on any atom is 0.121 e. The van der Waals surface area contributed by atoms with Gasteiger partial charge < -0.3 is 10.4 Å². The molecule has 0 aliphatic rings. The summed E-state index contributed by atoms with van der Waals surface area (Å²) in [5, 5.41) is 12.6. The van der Waals surface area contributed by atoms with Gasteiger partial charge in [-0.2, -0.15) is 0 Å². The van der Waals surface area contributed by atoms with Crippen molar-refractivity contribution in [2.24, 2.45) is 0 Å². The molecule has 0 unspecified atom stereocenters. The number of phenols is 1. The molecule has 1 aromatic carbocycles. The van der Waals surface area contributed by atoms with Crippen LogP contribution in [-0.2, 0) is 19.3 Å².